The first-order valence-electron chi connectivity index (χ1n) is 15.8. The highest BCUT2D eigenvalue weighted by Crippen LogP contribution is 2.53. The van der Waals surface area contributed by atoms with Crippen LogP contribution in [0.15, 0.2) is 97.1 Å². The lowest BCUT2D eigenvalue weighted by molar-refractivity contribution is -0.131. The van der Waals surface area contributed by atoms with E-state index in [0.717, 1.165) is 29.7 Å². The third kappa shape index (κ3) is 7.28. The molecule has 0 bridgehead atoms. The molecule has 0 aliphatic heterocycles. The Balaban J connectivity index is 1.27. The van der Waals surface area contributed by atoms with Crippen LogP contribution in [0.25, 0.3) is 0 Å². The number of hydrogen-bond donors (Lipinski definition) is 0. The fraction of sp³-hybridized carbons (Fsp3) is 0.350. The van der Waals surface area contributed by atoms with Gasteiger partial charge in [-0.2, -0.15) is 0 Å². The van der Waals surface area contributed by atoms with E-state index in [4.69, 9.17) is 18.9 Å². The lowest BCUT2D eigenvalue weighted by Gasteiger charge is -2.48. The molecule has 0 spiro atoms. The number of methoxy groups -OCH3 is 1. The zero-order valence-electron chi connectivity index (χ0n) is 27.9. The van der Waals surface area contributed by atoms with E-state index >= 15 is 0 Å². The van der Waals surface area contributed by atoms with Gasteiger partial charge in [0.25, 0.3) is 0 Å². The SMILES string of the molecule is COc1ccc(C2(c3ccc(OC(=O)Oc4ccc(C(C)(C)c5ccc(OC(C)=O)cc5)cc4)cc3)CC(C)CC(C)(C)C2)cc1. The van der Waals surface area contributed by atoms with E-state index in [2.05, 4.69) is 58.9 Å². The van der Waals surface area contributed by atoms with Gasteiger partial charge in [-0.15, -0.1) is 0 Å². The van der Waals surface area contributed by atoms with Crippen LogP contribution in [-0.2, 0) is 15.6 Å². The van der Waals surface area contributed by atoms with Crippen LogP contribution in [-0.4, -0.2) is 19.2 Å². The molecule has 4 aromatic carbocycles. The zero-order valence-corrected chi connectivity index (χ0v) is 27.9. The van der Waals surface area contributed by atoms with E-state index in [1.165, 1.54) is 24.5 Å². The van der Waals surface area contributed by atoms with Gasteiger partial charge in [0, 0.05) is 17.8 Å². The first kappa shape index (κ1) is 32.8. The first-order chi connectivity index (χ1) is 21.8. The van der Waals surface area contributed by atoms with Crippen molar-refractivity contribution in [1.29, 1.82) is 0 Å². The van der Waals surface area contributed by atoms with E-state index in [1.54, 1.807) is 31.4 Å². The number of hydrogen-bond acceptors (Lipinski definition) is 6. The normalized spacial score (nSPS) is 19.2. The maximum atomic E-state index is 12.8. The molecule has 5 rings (SSSR count). The summed E-state index contributed by atoms with van der Waals surface area (Å²) in [4.78, 5) is 24.0. The molecule has 0 heterocycles. The summed E-state index contributed by atoms with van der Waals surface area (Å²) in [6.07, 6.45) is 2.45. The van der Waals surface area contributed by atoms with Crippen molar-refractivity contribution < 1.29 is 28.5 Å². The average Bonchev–Trinajstić information content (AvgIpc) is 3.00. The molecule has 240 valence electrons. The van der Waals surface area contributed by atoms with Crippen LogP contribution in [0.3, 0.4) is 0 Å². The second kappa shape index (κ2) is 13.0. The van der Waals surface area contributed by atoms with Crippen molar-refractivity contribution in [2.75, 3.05) is 7.11 Å². The largest absolute Gasteiger partial charge is 0.519 e. The molecule has 1 aliphatic carbocycles. The van der Waals surface area contributed by atoms with Gasteiger partial charge in [-0.1, -0.05) is 83.1 Å². The van der Waals surface area contributed by atoms with E-state index in [0.29, 0.717) is 23.2 Å². The summed E-state index contributed by atoms with van der Waals surface area (Å²) in [5.41, 5.74) is 4.26. The van der Waals surface area contributed by atoms with E-state index < -0.39 is 6.16 Å². The van der Waals surface area contributed by atoms with Crippen molar-refractivity contribution in [1.82, 2.24) is 0 Å². The van der Waals surface area contributed by atoms with Crippen LogP contribution in [0.5, 0.6) is 23.0 Å². The van der Waals surface area contributed by atoms with Crippen molar-refractivity contribution in [2.45, 2.75) is 71.6 Å². The number of carbonyl (C=O) groups excluding carboxylic acids is 2. The first-order valence-corrected chi connectivity index (χ1v) is 15.8. The molecule has 1 fully saturated rings. The monoisotopic (exact) mass is 620 g/mol. The van der Waals surface area contributed by atoms with Crippen molar-refractivity contribution >= 4 is 12.1 Å². The van der Waals surface area contributed by atoms with Gasteiger partial charge >= 0.3 is 12.1 Å². The van der Waals surface area contributed by atoms with Crippen LogP contribution >= 0.6 is 0 Å². The standard InChI is InChI=1S/C40H44O6/c1-27-24-38(3,4)26-40(25-27,31-12-16-33(43-7)17-13-31)32-14-22-36(23-15-32)46-37(42)45-35-20-10-30(11-21-35)39(5,6)29-8-18-34(19-9-29)44-28(2)41/h8-23,27H,24-26H2,1-7H3. The maximum absolute atomic E-state index is 12.8. The molecule has 0 aromatic heterocycles. The predicted octanol–water partition coefficient (Wildman–Crippen LogP) is 9.66. The fourth-order valence-corrected chi connectivity index (χ4v) is 7.36. The Labute approximate surface area is 272 Å². The van der Waals surface area contributed by atoms with Gasteiger partial charge in [0.1, 0.15) is 23.0 Å². The minimum absolute atomic E-state index is 0.160. The fourth-order valence-electron chi connectivity index (χ4n) is 7.36. The number of ether oxygens (including phenoxy) is 4. The lowest BCUT2D eigenvalue weighted by atomic mass is 9.55. The number of benzene rings is 4. The molecule has 2 atom stereocenters. The minimum atomic E-state index is -0.793. The Morgan fingerprint density at radius 1 is 0.652 bits per heavy atom. The van der Waals surface area contributed by atoms with Crippen molar-refractivity contribution in [3.8, 4) is 23.0 Å². The summed E-state index contributed by atoms with van der Waals surface area (Å²) < 4.78 is 21.7. The Hall–Kier alpha value is -4.58. The lowest BCUT2D eigenvalue weighted by Crippen LogP contribution is -2.41. The van der Waals surface area contributed by atoms with Crippen LogP contribution in [0, 0.1) is 11.3 Å². The topological polar surface area (TPSA) is 71.1 Å². The smallest absolute Gasteiger partial charge is 0.497 e. The molecule has 1 aliphatic rings. The van der Waals surface area contributed by atoms with Crippen molar-refractivity contribution in [3.05, 3.63) is 119 Å². The molecule has 6 nitrogen and oxygen atoms in total. The Kier molecular flexibility index (Phi) is 9.29. The number of carbonyl (C=O) groups is 2. The van der Waals surface area contributed by atoms with Crippen LogP contribution in [0.1, 0.15) is 83.1 Å². The molecule has 1 saturated carbocycles. The summed E-state index contributed by atoms with van der Waals surface area (Å²) in [7, 11) is 1.69. The van der Waals surface area contributed by atoms with E-state index in [-0.39, 0.29) is 22.2 Å². The summed E-state index contributed by atoms with van der Waals surface area (Å²) in [5.74, 6) is 2.37. The van der Waals surface area contributed by atoms with E-state index in [1.807, 2.05) is 48.5 Å². The molecular formula is C40H44O6. The molecular weight excluding hydrogens is 576 g/mol. The molecule has 6 heteroatoms. The quantitative estimate of drug-likeness (QED) is 0.111. The summed E-state index contributed by atoms with van der Waals surface area (Å²) in [6.45, 7) is 12.6. The van der Waals surface area contributed by atoms with Gasteiger partial charge in [0.05, 0.1) is 7.11 Å². The maximum Gasteiger partial charge on any atom is 0.519 e. The molecule has 2 unspecified atom stereocenters. The molecule has 4 aromatic rings. The molecule has 0 saturated heterocycles. The van der Waals surface area contributed by atoms with Gasteiger partial charge in [-0.3, -0.25) is 4.79 Å². The average molecular weight is 621 g/mol. The molecule has 46 heavy (non-hydrogen) atoms. The third-order valence-corrected chi connectivity index (χ3v) is 9.24. The molecule has 0 N–H and O–H groups in total. The Bertz CT molecular complexity index is 1650. The van der Waals surface area contributed by atoms with E-state index in [9.17, 15) is 9.59 Å². The Morgan fingerprint density at radius 3 is 1.48 bits per heavy atom. The van der Waals surface area contributed by atoms with Crippen LogP contribution < -0.4 is 18.9 Å². The van der Waals surface area contributed by atoms with Gasteiger partial charge in [0.2, 0.25) is 0 Å². The summed E-state index contributed by atoms with van der Waals surface area (Å²) in [5, 5.41) is 0. The van der Waals surface area contributed by atoms with Crippen molar-refractivity contribution in [2.24, 2.45) is 11.3 Å². The van der Waals surface area contributed by atoms with Gasteiger partial charge in [-0.25, -0.2) is 4.79 Å². The highest BCUT2D eigenvalue weighted by atomic mass is 16.7. The third-order valence-electron chi connectivity index (χ3n) is 9.24. The number of rotatable bonds is 8. The van der Waals surface area contributed by atoms with Crippen LogP contribution in [0.2, 0.25) is 0 Å². The van der Waals surface area contributed by atoms with Gasteiger partial charge in [-0.05, 0) is 101 Å². The van der Waals surface area contributed by atoms with Gasteiger partial charge < -0.3 is 18.9 Å². The second-order valence-electron chi connectivity index (χ2n) is 13.9. The summed E-state index contributed by atoms with van der Waals surface area (Å²) in [6, 6.07) is 31.2. The minimum Gasteiger partial charge on any atom is -0.497 e. The van der Waals surface area contributed by atoms with Crippen molar-refractivity contribution in [3.63, 3.8) is 0 Å². The Morgan fingerprint density at radius 2 is 1.07 bits per heavy atom. The highest BCUT2D eigenvalue weighted by molar-refractivity contribution is 5.69. The predicted molar refractivity (Wildman–Crippen MR) is 180 cm³/mol. The van der Waals surface area contributed by atoms with Crippen LogP contribution in [0.4, 0.5) is 4.79 Å². The molecule has 0 amide bonds. The second-order valence-corrected chi connectivity index (χ2v) is 13.9. The zero-order chi connectivity index (χ0) is 33.1. The molecule has 0 radical (unpaired) electrons. The number of esters is 1. The van der Waals surface area contributed by atoms with Gasteiger partial charge in [0.15, 0.2) is 0 Å². The highest BCUT2D eigenvalue weighted by Gasteiger charge is 2.45. The summed E-state index contributed by atoms with van der Waals surface area (Å²) >= 11 is 0.